The van der Waals surface area contributed by atoms with Crippen LogP contribution in [0.2, 0.25) is 0 Å². The van der Waals surface area contributed by atoms with Gasteiger partial charge in [-0.1, -0.05) is 0 Å². The minimum absolute atomic E-state index is 0.298. The average Bonchev–Trinajstić information content (AvgIpc) is 2.65. The highest BCUT2D eigenvalue weighted by Crippen LogP contribution is 2.21. The molecule has 4 nitrogen and oxygen atoms in total. The lowest BCUT2D eigenvalue weighted by Crippen LogP contribution is -2.46. The Hall–Kier alpha value is -0.390. The summed E-state index contributed by atoms with van der Waals surface area (Å²) in [6, 6.07) is 0.359. The molecular weight excluding hydrogens is 212 g/mol. The molecule has 88 valence electrons. The maximum Gasteiger partial charge on any atom is 0.166 e. The fourth-order valence-corrected chi connectivity index (χ4v) is 2.11. The van der Waals surface area contributed by atoms with Crippen molar-refractivity contribution in [1.82, 2.24) is 10.6 Å². The highest BCUT2D eigenvalue weighted by Gasteiger charge is 2.27. The molecule has 5 heteroatoms. The molecule has 15 heavy (non-hydrogen) atoms. The maximum absolute atomic E-state index is 5.38. The van der Waals surface area contributed by atoms with Crippen LogP contribution in [0.5, 0.6) is 0 Å². The Morgan fingerprint density at radius 3 is 2.87 bits per heavy atom. The van der Waals surface area contributed by atoms with Gasteiger partial charge in [-0.2, -0.15) is 0 Å². The average molecular weight is 232 g/mol. The number of hydrogen-bond acceptors (Lipinski definition) is 3. The van der Waals surface area contributed by atoms with Crippen molar-refractivity contribution in [2.45, 2.75) is 31.4 Å². The predicted octanol–water partition coefficient (Wildman–Crippen LogP) is 0.664. The molecule has 1 aliphatic rings. The fraction of sp³-hybridized carbons (Fsp3) is 0.900. The third-order valence-corrected chi connectivity index (χ3v) is 2.93. The quantitative estimate of drug-likeness (QED) is 0.538. The van der Waals surface area contributed by atoms with Crippen molar-refractivity contribution in [1.29, 1.82) is 0 Å². The first kappa shape index (κ1) is 12.7. The Morgan fingerprint density at radius 1 is 1.40 bits per heavy atom. The summed E-state index contributed by atoms with van der Waals surface area (Å²) < 4.78 is 10.3. The third kappa shape index (κ3) is 4.32. The van der Waals surface area contributed by atoms with Crippen molar-refractivity contribution >= 4 is 17.3 Å². The number of methoxy groups -OCH3 is 2. The molecule has 0 amide bonds. The van der Waals surface area contributed by atoms with Crippen LogP contribution in [0.15, 0.2) is 0 Å². The van der Waals surface area contributed by atoms with Gasteiger partial charge in [-0.3, -0.25) is 0 Å². The van der Waals surface area contributed by atoms with Crippen LogP contribution >= 0.6 is 12.2 Å². The summed E-state index contributed by atoms with van der Waals surface area (Å²) in [5.74, 6) is 0. The van der Waals surface area contributed by atoms with Gasteiger partial charge in [0.2, 0.25) is 0 Å². The van der Waals surface area contributed by atoms with Crippen molar-refractivity contribution in [2.24, 2.45) is 0 Å². The van der Waals surface area contributed by atoms with E-state index in [0.29, 0.717) is 23.9 Å². The van der Waals surface area contributed by atoms with Crippen molar-refractivity contribution in [2.75, 3.05) is 27.4 Å². The maximum atomic E-state index is 5.38. The summed E-state index contributed by atoms with van der Waals surface area (Å²) in [5, 5.41) is 7.07. The third-order valence-electron chi connectivity index (χ3n) is 2.66. The van der Waals surface area contributed by atoms with E-state index in [0.717, 1.165) is 19.4 Å². The zero-order chi connectivity index (χ0) is 11.1. The molecule has 0 spiro atoms. The molecule has 0 aromatic carbocycles. The van der Waals surface area contributed by atoms with Crippen LogP contribution in [0.3, 0.4) is 0 Å². The van der Waals surface area contributed by atoms with E-state index in [9.17, 15) is 0 Å². The van der Waals surface area contributed by atoms with Crippen LogP contribution in [0.25, 0.3) is 0 Å². The van der Waals surface area contributed by atoms with E-state index in [1.54, 1.807) is 14.2 Å². The van der Waals surface area contributed by atoms with Crippen molar-refractivity contribution in [3.05, 3.63) is 0 Å². The summed E-state index contributed by atoms with van der Waals surface area (Å²) in [5.41, 5.74) is 0. The van der Waals surface area contributed by atoms with Gasteiger partial charge < -0.3 is 20.1 Å². The molecule has 1 rings (SSSR count). The van der Waals surface area contributed by atoms with E-state index in [2.05, 4.69) is 10.6 Å². The summed E-state index contributed by atoms with van der Waals surface area (Å²) in [4.78, 5) is 0. The normalized spacial score (nSPS) is 25.2. The van der Waals surface area contributed by atoms with Gasteiger partial charge in [0, 0.05) is 20.8 Å². The Bertz CT molecular complexity index is 202. The Kier molecular flexibility index (Phi) is 5.90. The first-order valence-corrected chi connectivity index (χ1v) is 5.75. The minimum atomic E-state index is 0.298. The zero-order valence-electron chi connectivity index (χ0n) is 9.41. The van der Waals surface area contributed by atoms with Gasteiger partial charge >= 0.3 is 0 Å². The van der Waals surface area contributed by atoms with Gasteiger partial charge in [0.05, 0.1) is 18.8 Å². The number of thiocarbonyl (C=S) groups is 1. The van der Waals surface area contributed by atoms with Crippen LogP contribution < -0.4 is 10.6 Å². The van der Waals surface area contributed by atoms with Crippen molar-refractivity contribution in [3.8, 4) is 0 Å². The molecule has 2 N–H and O–H groups in total. The molecule has 1 saturated carbocycles. The van der Waals surface area contributed by atoms with E-state index in [-0.39, 0.29) is 0 Å². The van der Waals surface area contributed by atoms with Gasteiger partial charge in [0.1, 0.15) is 0 Å². The molecule has 2 unspecified atom stereocenters. The van der Waals surface area contributed by atoms with Crippen LogP contribution in [0, 0.1) is 0 Å². The monoisotopic (exact) mass is 232 g/mol. The summed E-state index contributed by atoms with van der Waals surface area (Å²) in [6.07, 6.45) is 3.75. The SMILES string of the molecule is COCCNC(=S)NC1CCCC1OC. The van der Waals surface area contributed by atoms with Gasteiger partial charge in [-0.25, -0.2) is 0 Å². The summed E-state index contributed by atoms with van der Waals surface area (Å²) in [7, 11) is 3.43. The molecule has 0 saturated heterocycles. The van der Waals surface area contributed by atoms with Gasteiger partial charge in [-0.15, -0.1) is 0 Å². The van der Waals surface area contributed by atoms with E-state index < -0.39 is 0 Å². The van der Waals surface area contributed by atoms with Crippen LogP contribution in [-0.2, 0) is 9.47 Å². The molecule has 0 aromatic rings. The molecule has 0 radical (unpaired) electrons. The highest BCUT2D eigenvalue weighted by molar-refractivity contribution is 7.80. The van der Waals surface area contributed by atoms with Crippen LogP contribution in [0.4, 0.5) is 0 Å². The predicted molar refractivity (Wildman–Crippen MR) is 64.0 cm³/mol. The molecule has 1 aliphatic carbocycles. The number of hydrogen-bond donors (Lipinski definition) is 2. The molecule has 0 aliphatic heterocycles. The number of ether oxygens (including phenoxy) is 2. The van der Waals surface area contributed by atoms with E-state index in [1.807, 2.05) is 0 Å². The Morgan fingerprint density at radius 2 is 2.20 bits per heavy atom. The van der Waals surface area contributed by atoms with E-state index >= 15 is 0 Å². The Labute approximate surface area is 96.7 Å². The second-order valence-electron chi connectivity index (χ2n) is 3.70. The smallest absolute Gasteiger partial charge is 0.166 e. The molecule has 0 aromatic heterocycles. The Balaban J connectivity index is 2.19. The standard InChI is InChI=1S/C10H20N2O2S/c1-13-7-6-11-10(15)12-8-4-3-5-9(8)14-2/h8-9H,3-7H2,1-2H3,(H2,11,12,15). The topological polar surface area (TPSA) is 42.5 Å². The first-order valence-electron chi connectivity index (χ1n) is 5.34. The summed E-state index contributed by atoms with van der Waals surface area (Å²) in [6.45, 7) is 1.41. The van der Waals surface area contributed by atoms with Crippen molar-refractivity contribution < 1.29 is 9.47 Å². The van der Waals surface area contributed by atoms with Crippen LogP contribution in [-0.4, -0.2) is 44.6 Å². The largest absolute Gasteiger partial charge is 0.383 e. The van der Waals surface area contributed by atoms with E-state index in [1.165, 1.54) is 6.42 Å². The van der Waals surface area contributed by atoms with Gasteiger partial charge in [-0.05, 0) is 31.5 Å². The fourth-order valence-electron chi connectivity index (χ4n) is 1.86. The molecule has 2 atom stereocenters. The lowest BCUT2D eigenvalue weighted by atomic mass is 10.2. The van der Waals surface area contributed by atoms with Gasteiger partial charge in [0.25, 0.3) is 0 Å². The lowest BCUT2D eigenvalue weighted by molar-refractivity contribution is 0.0906. The number of rotatable bonds is 5. The molecule has 1 fully saturated rings. The summed E-state index contributed by atoms with van der Waals surface area (Å²) >= 11 is 5.17. The second kappa shape index (κ2) is 6.98. The molecular formula is C10H20N2O2S. The lowest BCUT2D eigenvalue weighted by Gasteiger charge is -2.21. The van der Waals surface area contributed by atoms with Gasteiger partial charge in [0.15, 0.2) is 5.11 Å². The van der Waals surface area contributed by atoms with E-state index in [4.69, 9.17) is 21.7 Å². The highest BCUT2D eigenvalue weighted by atomic mass is 32.1. The molecule has 0 bridgehead atoms. The minimum Gasteiger partial charge on any atom is -0.383 e. The second-order valence-corrected chi connectivity index (χ2v) is 4.11. The first-order chi connectivity index (χ1) is 7.27. The number of nitrogens with one attached hydrogen (secondary N) is 2. The van der Waals surface area contributed by atoms with Crippen LogP contribution in [0.1, 0.15) is 19.3 Å². The van der Waals surface area contributed by atoms with Crippen molar-refractivity contribution in [3.63, 3.8) is 0 Å². The zero-order valence-corrected chi connectivity index (χ0v) is 10.2. The molecule has 0 heterocycles.